The minimum absolute atomic E-state index is 0.00213. The summed E-state index contributed by atoms with van der Waals surface area (Å²) < 4.78 is 1.73. The third-order valence-electron chi connectivity index (χ3n) is 6.97. The third kappa shape index (κ3) is 3.50. The van der Waals surface area contributed by atoms with Gasteiger partial charge >= 0.3 is 0 Å². The normalized spacial score (nSPS) is 26.0. The van der Waals surface area contributed by atoms with Crippen molar-refractivity contribution in [3.63, 3.8) is 0 Å². The van der Waals surface area contributed by atoms with E-state index in [0.717, 1.165) is 37.3 Å². The van der Waals surface area contributed by atoms with Crippen LogP contribution < -0.4 is 0 Å². The smallest absolute Gasteiger partial charge is 0.244 e. The highest BCUT2D eigenvalue weighted by molar-refractivity contribution is 5.88. The fourth-order valence-electron chi connectivity index (χ4n) is 5.39. The largest absolute Gasteiger partial charge is 0.342 e. The first-order valence-corrected chi connectivity index (χ1v) is 11.1. The summed E-state index contributed by atoms with van der Waals surface area (Å²) in [6.07, 6.45) is 2.06. The lowest BCUT2D eigenvalue weighted by Crippen LogP contribution is -2.50. The minimum atomic E-state index is -0.667. The zero-order valence-electron chi connectivity index (χ0n) is 18.6. The van der Waals surface area contributed by atoms with Crippen LogP contribution in [0.2, 0.25) is 0 Å². The van der Waals surface area contributed by atoms with Crippen LogP contribution in [0.15, 0.2) is 6.07 Å². The van der Waals surface area contributed by atoms with Crippen molar-refractivity contribution >= 4 is 17.7 Å². The Hall–Kier alpha value is -2.38. The zero-order valence-corrected chi connectivity index (χ0v) is 18.6. The van der Waals surface area contributed by atoms with Gasteiger partial charge in [-0.2, -0.15) is 5.10 Å². The van der Waals surface area contributed by atoms with Crippen LogP contribution in [-0.4, -0.2) is 81.5 Å². The van der Waals surface area contributed by atoms with Gasteiger partial charge in [0.05, 0.1) is 11.1 Å². The molecule has 8 heteroatoms. The molecule has 3 aliphatic heterocycles. The summed E-state index contributed by atoms with van der Waals surface area (Å²) in [5.74, 6) is 0.124. The second-order valence-electron chi connectivity index (χ2n) is 9.58. The van der Waals surface area contributed by atoms with Gasteiger partial charge in [-0.05, 0) is 32.8 Å². The van der Waals surface area contributed by atoms with Gasteiger partial charge in [-0.15, -0.1) is 0 Å². The van der Waals surface area contributed by atoms with Gasteiger partial charge in [-0.1, -0.05) is 13.8 Å². The number of rotatable bonds is 4. The van der Waals surface area contributed by atoms with E-state index in [1.54, 1.807) is 4.68 Å². The molecular formula is C22H33N5O3. The number of aryl methyl sites for hydroxylation is 2. The van der Waals surface area contributed by atoms with Crippen LogP contribution in [0.25, 0.3) is 0 Å². The molecule has 0 aromatic carbocycles. The Balaban J connectivity index is 1.55. The van der Waals surface area contributed by atoms with E-state index in [9.17, 15) is 14.4 Å². The monoisotopic (exact) mass is 415 g/mol. The minimum Gasteiger partial charge on any atom is -0.342 e. The topological polar surface area (TPSA) is 78.8 Å². The summed E-state index contributed by atoms with van der Waals surface area (Å²) in [6, 6.07) is 1.96. The van der Waals surface area contributed by atoms with Gasteiger partial charge in [-0.3, -0.25) is 19.1 Å². The summed E-state index contributed by atoms with van der Waals surface area (Å²) in [5, 5.41) is 4.41. The molecule has 30 heavy (non-hydrogen) atoms. The SMILES string of the molecule is Cc1cc(C)n(CC(=O)N2C[C@@H]3CN(C(=O)C(C)C)C[C@]3(C(=O)N3CCCC3)C2)n1. The van der Waals surface area contributed by atoms with Gasteiger partial charge in [0.1, 0.15) is 6.54 Å². The molecule has 0 N–H and O–H groups in total. The average Bonchev–Trinajstić information content (AvgIpc) is 3.44. The van der Waals surface area contributed by atoms with Crippen LogP contribution in [-0.2, 0) is 20.9 Å². The van der Waals surface area contributed by atoms with Crippen molar-refractivity contribution in [2.75, 3.05) is 39.3 Å². The molecule has 1 aromatic heterocycles. The van der Waals surface area contributed by atoms with E-state index in [-0.39, 0.29) is 36.1 Å². The summed E-state index contributed by atoms with van der Waals surface area (Å²) in [5.41, 5.74) is 1.18. The number of nitrogens with zero attached hydrogens (tertiary/aromatic N) is 5. The van der Waals surface area contributed by atoms with E-state index in [2.05, 4.69) is 5.10 Å². The molecule has 1 aromatic rings. The molecule has 4 rings (SSSR count). The number of likely N-dealkylation sites (tertiary alicyclic amines) is 3. The molecule has 8 nitrogen and oxygen atoms in total. The first-order valence-electron chi connectivity index (χ1n) is 11.1. The second-order valence-corrected chi connectivity index (χ2v) is 9.58. The lowest BCUT2D eigenvalue weighted by atomic mass is 9.79. The molecule has 164 valence electrons. The standard InChI is InChI=1S/C22H33N5O3/c1-15(2)20(29)26-11-18-10-25(19(28)12-27-17(4)9-16(3)23-27)13-22(18,14-26)21(30)24-7-5-6-8-24/h9,15,18H,5-8,10-14H2,1-4H3/t18-,22-/m1/s1. The quantitative estimate of drug-likeness (QED) is 0.737. The molecule has 3 aliphatic rings. The highest BCUT2D eigenvalue weighted by Gasteiger charge is 2.60. The van der Waals surface area contributed by atoms with Crippen LogP contribution in [0.5, 0.6) is 0 Å². The molecule has 0 spiro atoms. The van der Waals surface area contributed by atoms with E-state index < -0.39 is 5.41 Å². The Kier molecular flexibility index (Phi) is 5.36. The molecule has 0 radical (unpaired) electrons. The highest BCUT2D eigenvalue weighted by atomic mass is 16.2. The first-order chi connectivity index (χ1) is 14.2. The summed E-state index contributed by atoms with van der Waals surface area (Å²) in [6.45, 7) is 11.3. The number of hydrogen-bond acceptors (Lipinski definition) is 4. The van der Waals surface area contributed by atoms with E-state index in [1.165, 1.54) is 0 Å². The summed E-state index contributed by atoms with van der Waals surface area (Å²) >= 11 is 0. The van der Waals surface area contributed by atoms with Crippen molar-refractivity contribution in [2.45, 2.75) is 47.1 Å². The highest BCUT2D eigenvalue weighted by Crippen LogP contribution is 2.45. The predicted molar refractivity (Wildman–Crippen MR) is 111 cm³/mol. The summed E-state index contributed by atoms with van der Waals surface area (Å²) in [7, 11) is 0. The maximum absolute atomic E-state index is 13.6. The van der Waals surface area contributed by atoms with Crippen molar-refractivity contribution in [1.82, 2.24) is 24.5 Å². The molecular weight excluding hydrogens is 382 g/mol. The van der Waals surface area contributed by atoms with Crippen LogP contribution in [0.3, 0.4) is 0 Å². The number of hydrogen-bond donors (Lipinski definition) is 0. The molecule has 0 aliphatic carbocycles. The van der Waals surface area contributed by atoms with Gasteiger partial charge in [0.2, 0.25) is 17.7 Å². The van der Waals surface area contributed by atoms with Gasteiger partial charge in [-0.25, -0.2) is 0 Å². The van der Waals surface area contributed by atoms with Crippen LogP contribution in [0.4, 0.5) is 0 Å². The van der Waals surface area contributed by atoms with Crippen molar-refractivity contribution in [3.05, 3.63) is 17.5 Å². The molecule has 0 unspecified atom stereocenters. The maximum atomic E-state index is 13.6. The first kappa shape index (κ1) is 20.9. The number of carbonyl (C=O) groups is 3. The molecule has 3 fully saturated rings. The van der Waals surface area contributed by atoms with E-state index in [4.69, 9.17) is 0 Å². The Labute approximate surface area is 178 Å². The molecule has 2 atom stereocenters. The number of fused-ring (bicyclic) bond motifs is 1. The number of amides is 3. The summed E-state index contributed by atoms with van der Waals surface area (Å²) in [4.78, 5) is 45.0. The van der Waals surface area contributed by atoms with E-state index in [0.29, 0.717) is 26.2 Å². The Morgan fingerprint density at radius 1 is 1.07 bits per heavy atom. The van der Waals surface area contributed by atoms with E-state index in [1.807, 2.05) is 48.5 Å². The van der Waals surface area contributed by atoms with Gasteiger partial charge in [0, 0.05) is 56.8 Å². The fourth-order valence-corrected chi connectivity index (χ4v) is 5.39. The lowest BCUT2D eigenvalue weighted by molar-refractivity contribution is -0.142. The van der Waals surface area contributed by atoms with Crippen molar-refractivity contribution in [3.8, 4) is 0 Å². The lowest BCUT2D eigenvalue weighted by Gasteiger charge is -2.32. The molecule has 0 bridgehead atoms. The second kappa shape index (κ2) is 7.71. The Bertz CT molecular complexity index is 857. The Morgan fingerprint density at radius 3 is 2.30 bits per heavy atom. The van der Waals surface area contributed by atoms with Crippen molar-refractivity contribution in [1.29, 1.82) is 0 Å². The zero-order chi connectivity index (χ0) is 21.6. The van der Waals surface area contributed by atoms with Crippen molar-refractivity contribution < 1.29 is 14.4 Å². The molecule has 3 saturated heterocycles. The average molecular weight is 416 g/mol. The van der Waals surface area contributed by atoms with Crippen LogP contribution in [0, 0.1) is 31.1 Å². The maximum Gasteiger partial charge on any atom is 0.244 e. The van der Waals surface area contributed by atoms with Crippen molar-refractivity contribution in [2.24, 2.45) is 17.3 Å². The Morgan fingerprint density at radius 2 is 1.70 bits per heavy atom. The fraction of sp³-hybridized carbons (Fsp3) is 0.727. The molecule has 4 heterocycles. The number of aromatic nitrogens is 2. The van der Waals surface area contributed by atoms with Gasteiger partial charge in [0.25, 0.3) is 0 Å². The number of carbonyl (C=O) groups excluding carboxylic acids is 3. The molecule has 3 amide bonds. The van der Waals surface area contributed by atoms with Crippen LogP contribution >= 0.6 is 0 Å². The van der Waals surface area contributed by atoms with Crippen LogP contribution in [0.1, 0.15) is 38.1 Å². The van der Waals surface area contributed by atoms with Gasteiger partial charge in [0.15, 0.2) is 0 Å². The van der Waals surface area contributed by atoms with Gasteiger partial charge < -0.3 is 14.7 Å². The predicted octanol–water partition coefficient (Wildman–Crippen LogP) is 1.07. The molecule has 0 saturated carbocycles. The van der Waals surface area contributed by atoms with E-state index >= 15 is 0 Å². The third-order valence-corrected chi connectivity index (χ3v) is 6.97.